The van der Waals surface area contributed by atoms with Crippen molar-refractivity contribution < 1.29 is 23.9 Å². The molecule has 0 aliphatic carbocycles. The summed E-state index contributed by atoms with van der Waals surface area (Å²) >= 11 is 0. The maximum absolute atomic E-state index is 12.1. The SMILES string of the molecule is CCOC(=O)C=C(N)COCCN1C(=O)c2ccccc2C1=O. The quantitative estimate of drug-likeness (QED) is 0.344. The highest BCUT2D eigenvalue weighted by atomic mass is 16.5. The Morgan fingerprint density at radius 3 is 2.39 bits per heavy atom. The van der Waals surface area contributed by atoms with Crippen LogP contribution in [0.3, 0.4) is 0 Å². The lowest BCUT2D eigenvalue weighted by atomic mass is 10.1. The van der Waals surface area contributed by atoms with E-state index in [4.69, 9.17) is 15.2 Å². The zero-order valence-corrected chi connectivity index (χ0v) is 12.8. The number of ether oxygens (including phenoxy) is 2. The molecule has 0 radical (unpaired) electrons. The van der Waals surface area contributed by atoms with Gasteiger partial charge in [-0.05, 0) is 19.1 Å². The molecule has 0 saturated heterocycles. The molecule has 7 nitrogen and oxygen atoms in total. The molecule has 0 aromatic heterocycles. The minimum absolute atomic E-state index is 0.0159. The maximum Gasteiger partial charge on any atom is 0.332 e. The van der Waals surface area contributed by atoms with Gasteiger partial charge in [0.2, 0.25) is 0 Å². The van der Waals surface area contributed by atoms with E-state index in [-0.39, 0.29) is 43.9 Å². The van der Waals surface area contributed by atoms with Crippen LogP contribution in [0.1, 0.15) is 27.6 Å². The van der Waals surface area contributed by atoms with Crippen LogP contribution in [-0.4, -0.2) is 49.0 Å². The van der Waals surface area contributed by atoms with Crippen LogP contribution in [0.2, 0.25) is 0 Å². The zero-order chi connectivity index (χ0) is 16.8. The van der Waals surface area contributed by atoms with Crippen molar-refractivity contribution in [2.24, 2.45) is 5.73 Å². The second-order valence-corrected chi connectivity index (χ2v) is 4.83. The molecule has 0 saturated carbocycles. The van der Waals surface area contributed by atoms with Crippen molar-refractivity contribution in [2.45, 2.75) is 6.92 Å². The first-order valence-corrected chi connectivity index (χ1v) is 7.20. The Labute approximate surface area is 133 Å². The van der Waals surface area contributed by atoms with E-state index < -0.39 is 5.97 Å². The van der Waals surface area contributed by atoms with Crippen LogP contribution in [0.4, 0.5) is 0 Å². The van der Waals surface area contributed by atoms with Crippen LogP contribution in [0.15, 0.2) is 36.0 Å². The maximum atomic E-state index is 12.1. The molecular formula is C16H18N2O5. The minimum Gasteiger partial charge on any atom is -0.463 e. The summed E-state index contributed by atoms with van der Waals surface area (Å²) in [6.45, 7) is 2.23. The summed E-state index contributed by atoms with van der Waals surface area (Å²) in [5.41, 5.74) is 6.63. The normalized spacial score (nSPS) is 14.1. The van der Waals surface area contributed by atoms with Gasteiger partial charge in [0.25, 0.3) is 11.8 Å². The highest BCUT2D eigenvalue weighted by Crippen LogP contribution is 2.21. The Bertz CT molecular complexity index is 619. The first-order chi connectivity index (χ1) is 11.0. The first-order valence-electron chi connectivity index (χ1n) is 7.20. The number of carbonyl (C=O) groups is 3. The van der Waals surface area contributed by atoms with Crippen LogP contribution in [0.25, 0.3) is 0 Å². The fraction of sp³-hybridized carbons (Fsp3) is 0.312. The van der Waals surface area contributed by atoms with Crippen LogP contribution in [0, 0.1) is 0 Å². The van der Waals surface area contributed by atoms with Crippen molar-refractivity contribution in [1.29, 1.82) is 0 Å². The molecule has 1 aromatic rings. The van der Waals surface area contributed by atoms with Crippen LogP contribution in [-0.2, 0) is 14.3 Å². The van der Waals surface area contributed by atoms with Gasteiger partial charge < -0.3 is 15.2 Å². The van der Waals surface area contributed by atoms with E-state index in [0.29, 0.717) is 11.1 Å². The molecule has 2 amide bonds. The number of hydrogen-bond donors (Lipinski definition) is 1. The number of carbonyl (C=O) groups excluding carboxylic acids is 3. The summed E-state index contributed by atoms with van der Waals surface area (Å²) in [6.07, 6.45) is 1.14. The summed E-state index contributed by atoms with van der Waals surface area (Å²) in [6, 6.07) is 6.67. The zero-order valence-electron chi connectivity index (χ0n) is 12.8. The Morgan fingerprint density at radius 2 is 1.83 bits per heavy atom. The molecule has 7 heteroatoms. The number of rotatable bonds is 7. The van der Waals surface area contributed by atoms with Gasteiger partial charge >= 0.3 is 5.97 Å². The van der Waals surface area contributed by atoms with E-state index in [2.05, 4.69) is 0 Å². The van der Waals surface area contributed by atoms with Gasteiger partial charge in [0, 0.05) is 11.8 Å². The Morgan fingerprint density at radius 1 is 1.22 bits per heavy atom. The number of nitrogens with two attached hydrogens (primary N) is 1. The number of nitrogens with zero attached hydrogens (tertiary/aromatic N) is 1. The highest BCUT2D eigenvalue weighted by Gasteiger charge is 2.34. The average molecular weight is 318 g/mol. The Balaban J connectivity index is 1.81. The summed E-state index contributed by atoms with van der Waals surface area (Å²) in [5, 5.41) is 0. The van der Waals surface area contributed by atoms with Gasteiger partial charge in [0.05, 0.1) is 37.5 Å². The second-order valence-electron chi connectivity index (χ2n) is 4.83. The third kappa shape index (κ3) is 3.95. The van der Waals surface area contributed by atoms with Gasteiger partial charge in [-0.3, -0.25) is 14.5 Å². The van der Waals surface area contributed by atoms with Gasteiger partial charge in [0.15, 0.2) is 0 Å². The van der Waals surface area contributed by atoms with Gasteiger partial charge in [-0.2, -0.15) is 0 Å². The van der Waals surface area contributed by atoms with E-state index in [1.165, 1.54) is 0 Å². The van der Waals surface area contributed by atoms with Gasteiger partial charge in [-0.15, -0.1) is 0 Å². The molecule has 0 spiro atoms. The second kappa shape index (κ2) is 7.55. The van der Waals surface area contributed by atoms with E-state index >= 15 is 0 Å². The molecule has 0 bridgehead atoms. The molecule has 0 atom stereocenters. The van der Waals surface area contributed by atoms with Crippen molar-refractivity contribution >= 4 is 17.8 Å². The van der Waals surface area contributed by atoms with Gasteiger partial charge in [-0.1, -0.05) is 12.1 Å². The molecular weight excluding hydrogens is 300 g/mol. The van der Waals surface area contributed by atoms with E-state index in [1.54, 1.807) is 31.2 Å². The fourth-order valence-electron chi connectivity index (χ4n) is 2.17. The largest absolute Gasteiger partial charge is 0.463 e. The predicted molar refractivity (Wildman–Crippen MR) is 81.5 cm³/mol. The monoisotopic (exact) mass is 318 g/mol. The molecule has 1 aliphatic heterocycles. The molecule has 1 heterocycles. The number of imide groups is 1. The standard InChI is InChI=1S/C16H18N2O5/c1-2-23-14(19)9-11(17)10-22-8-7-18-15(20)12-5-3-4-6-13(12)16(18)21/h3-6,9H,2,7-8,10,17H2,1H3. The molecule has 2 rings (SSSR count). The van der Waals surface area contributed by atoms with Crippen molar-refractivity contribution in [3.05, 3.63) is 47.2 Å². The van der Waals surface area contributed by atoms with Crippen LogP contribution < -0.4 is 5.73 Å². The van der Waals surface area contributed by atoms with E-state index in [9.17, 15) is 14.4 Å². The van der Waals surface area contributed by atoms with Crippen molar-refractivity contribution in [1.82, 2.24) is 4.90 Å². The minimum atomic E-state index is -0.533. The smallest absolute Gasteiger partial charge is 0.332 e. The molecule has 2 N–H and O–H groups in total. The topological polar surface area (TPSA) is 98.9 Å². The lowest BCUT2D eigenvalue weighted by molar-refractivity contribution is -0.137. The molecule has 122 valence electrons. The molecule has 1 aromatic carbocycles. The third-order valence-corrected chi connectivity index (χ3v) is 3.20. The number of fused-ring (bicyclic) bond motifs is 1. The van der Waals surface area contributed by atoms with Gasteiger partial charge in [-0.25, -0.2) is 4.79 Å². The van der Waals surface area contributed by atoms with Gasteiger partial charge in [0.1, 0.15) is 0 Å². The van der Waals surface area contributed by atoms with Crippen LogP contribution in [0.5, 0.6) is 0 Å². The van der Waals surface area contributed by atoms with Crippen molar-refractivity contribution in [3.8, 4) is 0 Å². The van der Waals surface area contributed by atoms with Crippen molar-refractivity contribution in [3.63, 3.8) is 0 Å². The predicted octanol–water partition coefficient (Wildman–Crippen LogP) is 0.705. The number of benzene rings is 1. The summed E-state index contributed by atoms with van der Waals surface area (Å²) in [5.74, 6) is -1.19. The number of amides is 2. The lowest BCUT2D eigenvalue weighted by Crippen LogP contribution is -2.33. The van der Waals surface area contributed by atoms with Crippen LogP contribution >= 0.6 is 0 Å². The summed E-state index contributed by atoms with van der Waals surface area (Å²) in [7, 11) is 0. The van der Waals surface area contributed by atoms with E-state index in [1.807, 2.05) is 0 Å². The Kier molecular flexibility index (Phi) is 5.48. The number of hydrogen-bond acceptors (Lipinski definition) is 6. The summed E-state index contributed by atoms with van der Waals surface area (Å²) in [4.78, 5) is 36.5. The molecule has 1 aliphatic rings. The lowest BCUT2D eigenvalue weighted by Gasteiger charge is -2.13. The Hall–Kier alpha value is -2.67. The molecule has 0 fully saturated rings. The third-order valence-electron chi connectivity index (χ3n) is 3.20. The molecule has 23 heavy (non-hydrogen) atoms. The average Bonchev–Trinajstić information content (AvgIpc) is 2.76. The van der Waals surface area contributed by atoms with Crippen molar-refractivity contribution in [2.75, 3.05) is 26.4 Å². The number of esters is 1. The fourth-order valence-corrected chi connectivity index (χ4v) is 2.17. The molecule has 0 unspecified atom stereocenters. The first kappa shape index (κ1) is 16.7. The van der Waals surface area contributed by atoms with E-state index in [0.717, 1.165) is 11.0 Å². The summed E-state index contributed by atoms with van der Waals surface area (Å²) < 4.78 is 10.0. The highest BCUT2D eigenvalue weighted by molar-refractivity contribution is 6.21.